The van der Waals surface area contributed by atoms with Gasteiger partial charge in [0.25, 0.3) is 0 Å². The molecule has 0 aliphatic heterocycles. The zero-order valence-corrected chi connectivity index (χ0v) is 8.79. The van der Waals surface area contributed by atoms with Gasteiger partial charge < -0.3 is 10.2 Å². The first kappa shape index (κ1) is 10.9. The van der Waals surface area contributed by atoms with Gasteiger partial charge in [-0.05, 0) is 13.3 Å². The minimum Gasteiger partial charge on any atom is -0.377 e. The minimum absolute atomic E-state index is 0.402. The largest absolute Gasteiger partial charge is 0.377 e. The Morgan fingerprint density at radius 1 is 1.43 bits per heavy atom. The molecule has 14 heavy (non-hydrogen) atoms. The third kappa shape index (κ3) is 2.18. The van der Waals surface area contributed by atoms with Gasteiger partial charge in [0.05, 0.1) is 0 Å². The molecule has 0 fully saturated rings. The number of hydrogen-bond acceptors (Lipinski definition) is 5. The fourth-order valence-electron chi connectivity index (χ4n) is 1.39. The van der Waals surface area contributed by atoms with E-state index in [0.29, 0.717) is 18.2 Å². The number of aryl methyl sites for hydroxylation is 1. The average Bonchev–Trinajstić information content (AvgIpc) is 2.17. The molecule has 0 spiro atoms. The number of hydrazine groups is 1. The summed E-state index contributed by atoms with van der Waals surface area (Å²) in [5.41, 5.74) is 4.57. The molecule has 0 aromatic carbocycles. The van der Waals surface area contributed by atoms with Crippen LogP contribution in [0.15, 0.2) is 0 Å². The molecule has 1 heterocycles. The van der Waals surface area contributed by atoms with E-state index >= 15 is 0 Å². The number of nitrogens with one attached hydrogen (secondary N) is 1. The SMILES string of the molecule is CCc1c(C)nc(COC)nc1NN. The lowest BCUT2D eigenvalue weighted by atomic mass is 10.1. The Labute approximate surface area is 83.7 Å². The molecular weight excluding hydrogens is 180 g/mol. The number of nitrogens with two attached hydrogens (primary N) is 1. The summed E-state index contributed by atoms with van der Waals surface area (Å²) >= 11 is 0. The number of aromatic nitrogens is 2. The third-order valence-corrected chi connectivity index (χ3v) is 2.02. The summed E-state index contributed by atoms with van der Waals surface area (Å²) in [6, 6.07) is 0. The molecule has 1 aromatic rings. The molecule has 1 rings (SSSR count). The molecule has 5 nitrogen and oxygen atoms in total. The first-order chi connectivity index (χ1) is 6.72. The number of nitrogens with zero attached hydrogens (tertiary/aromatic N) is 2. The van der Waals surface area contributed by atoms with E-state index in [2.05, 4.69) is 15.4 Å². The Bertz CT molecular complexity index is 314. The summed E-state index contributed by atoms with van der Waals surface area (Å²) in [4.78, 5) is 8.55. The van der Waals surface area contributed by atoms with Crippen LogP contribution in [0.5, 0.6) is 0 Å². The van der Waals surface area contributed by atoms with Crippen LogP contribution >= 0.6 is 0 Å². The van der Waals surface area contributed by atoms with Gasteiger partial charge in [-0.1, -0.05) is 6.92 Å². The summed E-state index contributed by atoms with van der Waals surface area (Å²) in [5, 5.41) is 0. The van der Waals surface area contributed by atoms with Crippen molar-refractivity contribution in [2.45, 2.75) is 26.9 Å². The summed E-state index contributed by atoms with van der Waals surface area (Å²) in [6.07, 6.45) is 0.860. The van der Waals surface area contributed by atoms with Crippen LogP contribution in [0.25, 0.3) is 0 Å². The third-order valence-electron chi connectivity index (χ3n) is 2.02. The number of methoxy groups -OCH3 is 1. The van der Waals surface area contributed by atoms with Crippen LogP contribution in [0.2, 0.25) is 0 Å². The van der Waals surface area contributed by atoms with E-state index in [-0.39, 0.29) is 0 Å². The molecule has 3 N–H and O–H groups in total. The lowest BCUT2D eigenvalue weighted by Gasteiger charge is -2.10. The highest BCUT2D eigenvalue weighted by atomic mass is 16.5. The number of hydrogen-bond donors (Lipinski definition) is 2. The first-order valence-corrected chi connectivity index (χ1v) is 4.54. The van der Waals surface area contributed by atoms with Crippen LogP contribution in [0, 0.1) is 6.92 Å². The van der Waals surface area contributed by atoms with E-state index < -0.39 is 0 Å². The fourth-order valence-corrected chi connectivity index (χ4v) is 1.39. The van der Waals surface area contributed by atoms with Gasteiger partial charge in [-0.25, -0.2) is 15.8 Å². The zero-order valence-electron chi connectivity index (χ0n) is 8.79. The van der Waals surface area contributed by atoms with Crippen LogP contribution in [-0.2, 0) is 17.8 Å². The van der Waals surface area contributed by atoms with Crippen LogP contribution in [0.3, 0.4) is 0 Å². The van der Waals surface area contributed by atoms with E-state index in [4.69, 9.17) is 10.6 Å². The molecule has 0 saturated carbocycles. The zero-order chi connectivity index (χ0) is 10.6. The van der Waals surface area contributed by atoms with E-state index in [9.17, 15) is 0 Å². The second-order valence-corrected chi connectivity index (χ2v) is 2.98. The quantitative estimate of drug-likeness (QED) is 0.550. The van der Waals surface area contributed by atoms with Crippen LogP contribution in [0.1, 0.15) is 24.0 Å². The average molecular weight is 196 g/mol. The summed E-state index contributed by atoms with van der Waals surface area (Å²) in [5.74, 6) is 6.71. The van der Waals surface area contributed by atoms with Crippen LogP contribution in [-0.4, -0.2) is 17.1 Å². The summed E-state index contributed by atoms with van der Waals surface area (Å²) < 4.78 is 4.96. The standard InChI is InChI=1S/C9H16N4O/c1-4-7-6(2)11-8(5-14-3)12-9(7)13-10/h4-5,10H2,1-3H3,(H,11,12,13). The Balaban J connectivity index is 3.10. The highest BCUT2D eigenvalue weighted by molar-refractivity contribution is 5.45. The van der Waals surface area contributed by atoms with Gasteiger partial charge in [0.15, 0.2) is 5.82 Å². The number of ether oxygens (including phenoxy) is 1. The van der Waals surface area contributed by atoms with E-state index in [0.717, 1.165) is 17.7 Å². The van der Waals surface area contributed by atoms with Crippen molar-refractivity contribution in [1.82, 2.24) is 9.97 Å². The van der Waals surface area contributed by atoms with Gasteiger partial charge in [-0.3, -0.25) is 0 Å². The van der Waals surface area contributed by atoms with Crippen molar-refractivity contribution < 1.29 is 4.74 Å². The van der Waals surface area contributed by atoms with Crippen molar-refractivity contribution in [3.63, 3.8) is 0 Å². The normalized spacial score (nSPS) is 10.3. The maximum absolute atomic E-state index is 5.38. The lowest BCUT2D eigenvalue weighted by Crippen LogP contribution is -2.14. The topological polar surface area (TPSA) is 73.1 Å². The van der Waals surface area contributed by atoms with Crippen molar-refractivity contribution >= 4 is 5.82 Å². The molecule has 0 aliphatic carbocycles. The predicted molar refractivity (Wildman–Crippen MR) is 54.7 cm³/mol. The second kappa shape index (κ2) is 4.88. The van der Waals surface area contributed by atoms with Gasteiger partial charge in [0, 0.05) is 18.4 Å². The van der Waals surface area contributed by atoms with Crippen molar-refractivity contribution in [1.29, 1.82) is 0 Å². The van der Waals surface area contributed by atoms with E-state index in [1.807, 2.05) is 13.8 Å². The number of rotatable bonds is 4. The van der Waals surface area contributed by atoms with Gasteiger partial charge in [0.2, 0.25) is 0 Å². The van der Waals surface area contributed by atoms with Crippen LogP contribution in [0.4, 0.5) is 5.82 Å². The number of anilines is 1. The molecule has 5 heteroatoms. The fraction of sp³-hybridized carbons (Fsp3) is 0.556. The van der Waals surface area contributed by atoms with E-state index in [1.165, 1.54) is 0 Å². The first-order valence-electron chi connectivity index (χ1n) is 4.54. The molecule has 0 unspecified atom stereocenters. The summed E-state index contributed by atoms with van der Waals surface area (Å²) in [7, 11) is 1.61. The lowest BCUT2D eigenvalue weighted by molar-refractivity contribution is 0.177. The molecule has 78 valence electrons. The Hall–Kier alpha value is -1.20. The highest BCUT2D eigenvalue weighted by Gasteiger charge is 2.08. The van der Waals surface area contributed by atoms with Gasteiger partial charge in [-0.15, -0.1) is 0 Å². The Morgan fingerprint density at radius 3 is 2.64 bits per heavy atom. The Kier molecular flexibility index (Phi) is 3.79. The molecule has 0 amide bonds. The van der Waals surface area contributed by atoms with Crippen molar-refractivity contribution in [2.24, 2.45) is 5.84 Å². The Morgan fingerprint density at radius 2 is 2.14 bits per heavy atom. The molecule has 0 aliphatic rings. The predicted octanol–water partition coefficient (Wildman–Crippen LogP) is 0.779. The maximum Gasteiger partial charge on any atom is 0.156 e. The van der Waals surface area contributed by atoms with Crippen molar-refractivity contribution in [2.75, 3.05) is 12.5 Å². The molecule has 1 aromatic heterocycles. The van der Waals surface area contributed by atoms with Crippen LogP contribution < -0.4 is 11.3 Å². The maximum atomic E-state index is 5.38. The number of nitrogen functional groups attached to an aromatic ring is 1. The molecule has 0 bridgehead atoms. The summed E-state index contributed by atoms with van der Waals surface area (Å²) in [6.45, 7) is 4.39. The highest BCUT2D eigenvalue weighted by Crippen LogP contribution is 2.15. The smallest absolute Gasteiger partial charge is 0.156 e. The molecule has 0 saturated heterocycles. The van der Waals surface area contributed by atoms with Gasteiger partial charge in [0.1, 0.15) is 12.4 Å². The second-order valence-electron chi connectivity index (χ2n) is 2.98. The van der Waals surface area contributed by atoms with Gasteiger partial charge >= 0.3 is 0 Å². The van der Waals surface area contributed by atoms with E-state index in [1.54, 1.807) is 7.11 Å². The van der Waals surface area contributed by atoms with Crippen molar-refractivity contribution in [3.8, 4) is 0 Å². The minimum atomic E-state index is 0.402. The molecule has 0 atom stereocenters. The molecule has 0 radical (unpaired) electrons. The molecular formula is C9H16N4O. The van der Waals surface area contributed by atoms with Gasteiger partial charge in [-0.2, -0.15) is 0 Å². The monoisotopic (exact) mass is 196 g/mol. The van der Waals surface area contributed by atoms with Crippen molar-refractivity contribution in [3.05, 3.63) is 17.1 Å².